The minimum atomic E-state index is -1.02. The summed E-state index contributed by atoms with van der Waals surface area (Å²) >= 11 is 1.21. The molecule has 0 aliphatic carbocycles. The van der Waals surface area contributed by atoms with Crippen molar-refractivity contribution in [3.8, 4) is 0 Å². The van der Waals surface area contributed by atoms with E-state index >= 15 is 0 Å². The maximum Gasteiger partial charge on any atom is 0.335 e. The molecular weight excluding hydrogens is 326 g/mol. The fourth-order valence-corrected chi connectivity index (χ4v) is 2.90. The Morgan fingerprint density at radius 2 is 2.04 bits per heavy atom. The molecule has 1 saturated heterocycles. The van der Waals surface area contributed by atoms with Crippen LogP contribution in [0.25, 0.3) is 6.08 Å². The Labute approximate surface area is 142 Å². The largest absolute Gasteiger partial charge is 0.478 e. The smallest absolute Gasteiger partial charge is 0.335 e. The number of aromatic carboxylic acids is 1. The molecule has 1 aromatic carbocycles. The van der Waals surface area contributed by atoms with Crippen molar-refractivity contribution in [2.45, 2.75) is 6.92 Å². The minimum Gasteiger partial charge on any atom is -0.478 e. The van der Waals surface area contributed by atoms with E-state index in [4.69, 9.17) is 5.11 Å². The average molecular weight is 339 g/mol. The number of amides is 1. The molecule has 24 heavy (non-hydrogen) atoms. The summed E-state index contributed by atoms with van der Waals surface area (Å²) < 4.78 is 0. The number of carboxylic acid groups (broad SMARTS) is 1. The number of aryl methyl sites for hydroxylation is 1. The topological polar surface area (TPSA) is 91.6 Å². The number of rotatable bonds is 3. The van der Waals surface area contributed by atoms with Crippen molar-refractivity contribution < 1.29 is 14.7 Å². The molecule has 1 aromatic heterocycles. The standard InChI is InChI=1S/C17H13N3O3S/c1-10-2-3-12(16(22)23)9-13(10)19-17-20-15(21)14(24-17)8-11-4-6-18-7-5-11/h2-9H,1H3,(H,22,23)(H,19,20,21)/b14-8-. The first-order valence-corrected chi connectivity index (χ1v) is 7.88. The Hall–Kier alpha value is -2.93. The SMILES string of the molecule is Cc1ccc(C(=O)O)cc1N=C1NC(=O)/C(=C/c2ccncc2)S1. The van der Waals surface area contributed by atoms with E-state index in [9.17, 15) is 9.59 Å². The zero-order chi connectivity index (χ0) is 17.1. The van der Waals surface area contributed by atoms with Crippen molar-refractivity contribution in [1.82, 2.24) is 10.3 Å². The maximum absolute atomic E-state index is 12.0. The molecule has 1 amide bonds. The van der Waals surface area contributed by atoms with E-state index in [0.717, 1.165) is 11.1 Å². The number of nitrogens with zero attached hydrogens (tertiary/aromatic N) is 2. The van der Waals surface area contributed by atoms with Gasteiger partial charge in [0.25, 0.3) is 5.91 Å². The molecule has 120 valence electrons. The number of carboxylic acids is 1. The lowest BCUT2D eigenvalue weighted by atomic mass is 10.1. The van der Waals surface area contributed by atoms with Crippen molar-refractivity contribution in [2.24, 2.45) is 4.99 Å². The zero-order valence-corrected chi connectivity index (χ0v) is 13.5. The van der Waals surface area contributed by atoms with Crippen LogP contribution in [0.3, 0.4) is 0 Å². The van der Waals surface area contributed by atoms with Gasteiger partial charge in [-0.25, -0.2) is 9.79 Å². The monoisotopic (exact) mass is 339 g/mol. The van der Waals surface area contributed by atoms with Crippen LogP contribution in [-0.4, -0.2) is 27.1 Å². The zero-order valence-electron chi connectivity index (χ0n) is 12.7. The van der Waals surface area contributed by atoms with Gasteiger partial charge in [0.15, 0.2) is 5.17 Å². The number of thioether (sulfide) groups is 1. The molecule has 1 aliphatic rings. The van der Waals surface area contributed by atoms with Gasteiger partial charge in [-0.2, -0.15) is 0 Å². The van der Waals surface area contributed by atoms with Crippen LogP contribution in [0.4, 0.5) is 5.69 Å². The summed E-state index contributed by atoms with van der Waals surface area (Å²) in [6, 6.07) is 8.31. The number of hydrogen-bond donors (Lipinski definition) is 2. The number of carbonyl (C=O) groups excluding carboxylic acids is 1. The van der Waals surface area contributed by atoms with Crippen LogP contribution < -0.4 is 5.32 Å². The number of aromatic nitrogens is 1. The highest BCUT2D eigenvalue weighted by atomic mass is 32.2. The van der Waals surface area contributed by atoms with E-state index in [1.54, 1.807) is 36.7 Å². The predicted molar refractivity (Wildman–Crippen MR) is 93.2 cm³/mol. The Morgan fingerprint density at radius 1 is 1.29 bits per heavy atom. The average Bonchev–Trinajstić information content (AvgIpc) is 2.90. The third-order valence-corrected chi connectivity index (χ3v) is 4.24. The highest BCUT2D eigenvalue weighted by Gasteiger charge is 2.24. The van der Waals surface area contributed by atoms with Crippen molar-refractivity contribution in [1.29, 1.82) is 0 Å². The Balaban J connectivity index is 1.88. The van der Waals surface area contributed by atoms with E-state index in [0.29, 0.717) is 15.8 Å². The molecule has 2 heterocycles. The molecule has 7 heteroatoms. The van der Waals surface area contributed by atoms with E-state index in [1.165, 1.54) is 23.9 Å². The number of carbonyl (C=O) groups is 2. The number of aliphatic imine (C=N–C) groups is 1. The van der Waals surface area contributed by atoms with Gasteiger partial charge < -0.3 is 10.4 Å². The van der Waals surface area contributed by atoms with Gasteiger partial charge in [0.05, 0.1) is 16.2 Å². The molecule has 1 aliphatic heterocycles. The van der Waals surface area contributed by atoms with Crippen LogP contribution in [0.2, 0.25) is 0 Å². The second kappa shape index (κ2) is 6.67. The molecule has 0 radical (unpaired) electrons. The first-order valence-electron chi connectivity index (χ1n) is 7.06. The highest BCUT2D eigenvalue weighted by Crippen LogP contribution is 2.29. The summed E-state index contributed by atoms with van der Waals surface area (Å²) in [7, 11) is 0. The Morgan fingerprint density at radius 3 is 2.75 bits per heavy atom. The van der Waals surface area contributed by atoms with Gasteiger partial charge in [-0.1, -0.05) is 6.07 Å². The van der Waals surface area contributed by atoms with Crippen LogP contribution in [0, 0.1) is 6.92 Å². The van der Waals surface area contributed by atoms with E-state index < -0.39 is 5.97 Å². The number of pyridine rings is 1. The summed E-state index contributed by atoms with van der Waals surface area (Å²) in [5.41, 5.74) is 2.37. The summed E-state index contributed by atoms with van der Waals surface area (Å²) in [6.45, 7) is 1.83. The van der Waals surface area contributed by atoms with Gasteiger partial charge in [0.2, 0.25) is 0 Å². The van der Waals surface area contributed by atoms with Gasteiger partial charge in [-0.3, -0.25) is 9.78 Å². The fraction of sp³-hybridized carbons (Fsp3) is 0.0588. The summed E-state index contributed by atoms with van der Waals surface area (Å²) in [5, 5.41) is 12.2. The van der Waals surface area contributed by atoms with E-state index in [2.05, 4.69) is 15.3 Å². The summed E-state index contributed by atoms with van der Waals surface area (Å²) in [6.07, 6.45) is 5.06. The Kier molecular flexibility index (Phi) is 4.43. The first-order chi connectivity index (χ1) is 11.5. The molecule has 6 nitrogen and oxygen atoms in total. The number of benzene rings is 1. The first kappa shape index (κ1) is 15.9. The van der Waals surface area contributed by atoms with Gasteiger partial charge in [-0.05, 0) is 60.2 Å². The van der Waals surface area contributed by atoms with Gasteiger partial charge in [-0.15, -0.1) is 0 Å². The van der Waals surface area contributed by atoms with Crippen LogP contribution in [-0.2, 0) is 4.79 Å². The molecule has 0 atom stereocenters. The second-order valence-corrected chi connectivity index (χ2v) is 6.10. The normalized spacial score (nSPS) is 17.3. The third kappa shape index (κ3) is 3.52. The highest BCUT2D eigenvalue weighted by molar-refractivity contribution is 8.18. The van der Waals surface area contributed by atoms with Crippen molar-refractivity contribution >= 4 is 40.6 Å². The molecule has 1 fully saturated rings. The summed E-state index contributed by atoms with van der Waals surface area (Å²) in [4.78, 5) is 31.9. The number of nitrogens with one attached hydrogen (secondary N) is 1. The molecule has 2 N–H and O–H groups in total. The van der Waals surface area contributed by atoms with Crippen LogP contribution in [0.5, 0.6) is 0 Å². The third-order valence-electron chi connectivity index (χ3n) is 3.33. The second-order valence-electron chi connectivity index (χ2n) is 5.07. The van der Waals surface area contributed by atoms with Gasteiger partial charge >= 0.3 is 5.97 Å². The lowest BCUT2D eigenvalue weighted by Crippen LogP contribution is -2.19. The molecular formula is C17H13N3O3S. The lowest BCUT2D eigenvalue weighted by Gasteiger charge is -2.03. The molecule has 3 rings (SSSR count). The Bertz CT molecular complexity index is 876. The predicted octanol–water partition coefficient (Wildman–Crippen LogP) is 2.98. The number of amidine groups is 1. The molecule has 0 bridgehead atoms. The van der Waals surface area contributed by atoms with Crippen molar-refractivity contribution in [3.05, 3.63) is 64.3 Å². The van der Waals surface area contributed by atoms with Crippen molar-refractivity contribution in [3.63, 3.8) is 0 Å². The number of hydrogen-bond acceptors (Lipinski definition) is 5. The van der Waals surface area contributed by atoms with Crippen molar-refractivity contribution in [2.75, 3.05) is 0 Å². The molecule has 0 saturated carbocycles. The maximum atomic E-state index is 12.0. The molecule has 0 spiro atoms. The molecule has 0 unspecified atom stereocenters. The lowest BCUT2D eigenvalue weighted by molar-refractivity contribution is -0.115. The van der Waals surface area contributed by atoms with Crippen LogP contribution in [0.15, 0.2) is 52.6 Å². The van der Waals surface area contributed by atoms with E-state index in [1.807, 2.05) is 6.92 Å². The quantitative estimate of drug-likeness (QED) is 0.839. The van der Waals surface area contributed by atoms with E-state index in [-0.39, 0.29) is 11.5 Å². The van der Waals surface area contributed by atoms with Crippen LogP contribution >= 0.6 is 11.8 Å². The van der Waals surface area contributed by atoms with Gasteiger partial charge in [0.1, 0.15) is 0 Å². The minimum absolute atomic E-state index is 0.154. The van der Waals surface area contributed by atoms with Gasteiger partial charge in [0, 0.05) is 12.4 Å². The molecule has 2 aromatic rings. The fourth-order valence-electron chi connectivity index (χ4n) is 2.06. The summed E-state index contributed by atoms with van der Waals surface area (Å²) in [5.74, 6) is -1.25. The van der Waals surface area contributed by atoms with Crippen LogP contribution in [0.1, 0.15) is 21.5 Å².